The second-order valence-corrected chi connectivity index (χ2v) is 8.33. The van der Waals surface area contributed by atoms with E-state index in [4.69, 9.17) is 0 Å². The summed E-state index contributed by atoms with van der Waals surface area (Å²) < 4.78 is 0. The summed E-state index contributed by atoms with van der Waals surface area (Å²) in [6.45, 7) is 9.73. The molecule has 0 radical (unpaired) electrons. The number of aryl methyl sites for hydroxylation is 2. The van der Waals surface area contributed by atoms with E-state index in [2.05, 4.69) is 0 Å². The maximum atomic E-state index is 13.5. The predicted molar refractivity (Wildman–Crippen MR) is 114 cm³/mol. The van der Waals surface area contributed by atoms with Crippen molar-refractivity contribution in [3.8, 4) is 0 Å². The standard InChI is InChI=1S/C24H28N2O3/c1-6-24(4,5)26(22(28)18-9-7-8-17(3)14-18)20-15-21(27)25(23(20)29)19-12-10-16(2)11-13-19/h7-14,20H,6,15H2,1-5H3. The largest absolute Gasteiger partial charge is 0.321 e. The number of nitrogens with zero attached hydrogens (tertiary/aromatic N) is 2. The summed E-state index contributed by atoms with van der Waals surface area (Å²) in [5.41, 5.74) is 2.52. The lowest BCUT2D eigenvalue weighted by atomic mass is 9.94. The Labute approximate surface area is 172 Å². The van der Waals surface area contributed by atoms with E-state index in [-0.39, 0.29) is 24.1 Å². The number of imide groups is 1. The van der Waals surface area contributed by atoms with Gasteiger partial charge in [0.05, 0.1) is 12.1 Å². The van der Waals surface area contributed by atoms with Gasteiger partial charge in [-0.2, -0.15) is 0 Å². The first kappa shape index (κ1) is 20.8. The number of hydrogen-bond acceptors (Lipinski definition) is 3. The Morgan fingerprint density at radius 3 is 2.31 bits per heavy atom. The molecule has 1 atom stereocenters. The summed E-state index contributed by atoms with van der Waals surface area (Å²) >= 11 is 0. The molecular formula is C24H28N2O3. The number of rotatable bonds is 5. The summed E-state index contributed by atoms with van der Waals surface area (Å²) in [5, 5.41) is 0. The second kappa shape index (κ2) is 7.82. The van der Waals surface area contributed by atoms with Gasteiger partial charge in [-0.15, -0.1) is 0 Å². The lowest BCUT2D eigenvalue weighted by molar-refractivity contribution is -0.123. The number of hydrogen-bond donors (Lipinski definition) is 0. The van der Waals surface area contributed by atoms with Crippen molar-refractivity contribution in [3.63, 3.8) is 0 Å². The van der Waals surface area contributed by atoms with Gasteiger partial charge in [0, 0.05) is 11.1 Å². The molecule has 29 heavy (non-hydrogen) atoms. The van der Waals surface area contributed by atoms with E-state index in [0.29, 0.717) is 17.7 Å². The Hall–Kier alpha value is -2.95. The molecule has 2 aromatic rings. The third-order valence-corrected chi connectivity index (χ3v) is 5.73. The Morgan fingerprint density at radius 1 is 1.07 bits per heavy atom. The van der Waals surface area contributed by atoms with Gasteiger partial charge in [0.15, 0.2) is 0 Å². The smallest absolute Gasteiger partial charge is 0.257 e. The van der Waals surface area contributed by atoms with Crippen molar-refractivity contribution in [1.29, 1.82) is 0 Å². The molecule has 2 aromatic carbocycles. The van der Waals surface area contributed by atoms with E-state index in [9.17, 15) is 14.4 Å². The molecule has 0 spiro atoms. The average molecular weight is 392 g/mol. The maximum Gasteiger partial charge on any atom is 0.257 e. The summed E-state index contributed by atoms with van der Waals surface area (Å²) in [7, 11) is 0. The van der Waals surface area contributed by atoms with Crippen molar-refractivity contribution in [3.05, 3.63) is 65.2 Å². The topological polar surface area (TPSA) is 57.7 Å². The molecule has 3 amide bonds. The van der Waals surface area contributed by atoms with E-state index in [1.807, 2.05) is 65.0 Å². The monoisotopic (exact) mass is 392 g/mol. The van der Waals surface area contributed by atoms with Crippen molar-refractivity contribution >= 4 is 23.4 Å². The van der Waals surface area contributed by atoms with E-state index in [1.165, 1.54) is 4.90 Å². The van der Waals surface area contributed by atoms with Crippen LogP contribution in [0.1, 0.15) is 55.1 Å². The van der Waals surface area contributed by atoms with Crippen LogP contribution in [0, 0.1) is 13.8 Å². The van der Waals surface area contributed by atoms with Gasteiger partial charge in [0.2, 0.25) is 5.91 Å². The minimum absolute atomic E-state index is 0.00625. The van der Waals surface area contributed by atoms with E-state index in [0.717, 1.165) is 11.1 Å². The minimum Gasteiger partial charge on any atom is -0.321 e. The predicted octanol–water partition coefficient (Wildman–Crippen LogP) is 4.27. The third kappa shape index (κ3) is 3.95. The zero-order valence-corrected chi connectivity index (χ0v) is 17.7. The maximum absolute atomic E-state index is 13.5. The second-order valence-electron chi connectivity index (χ2n) is 8.33. The van der Waals surface area contributed by atoms with E-state index in [1.54, 1.807) is 23.1 Å². The fourth-order valence-electron chi connectivity index (χ4n) is 3.71. The molecule has 3 rings (SSSR count). The molecule has 5 nitrogen and oxygen atoms in total. The van der Waals surface area contributed by atoms with Crippen molar-refractivity contribution < 1.29 is 14.4 Å². The Balaban J connectivity index is 2.00. The van der Waals surface area contributed by atoms with Crippen LogP contribution in [0.15, 0.2) is 48.5 Å². The summed E-state index contributed by atoms with van der Waals surface area (Å²) in [6.07, 6.45) is 0.654. The normalized spacial score (nSPS) is 17.0. The van der Waals surface area contributed by atoms with Crippen molar-refractivity contribution in [2.24, 2.45) is 0 Å². The highest BCUT2D eigenvalue weighted by molar-refractivity contribution is 6.23. The van der Waals surface area contributed by atoms with Crippen LogP contribution in [-0.4, -0.2) is 34.2 Å². The number of benzene rings is 2. The van der Waals surface area contributed by atoms with E-state index >= 15 is 0 Å². The summed E-state index contributed by atoms with van der Waals surface area (Å²) in [6, 6.07) is 13.8. The zero-order chi connectivity index (χ0) is 21.3. The molecule has 1 aliphatic rings. The first-order valence-corrected chi connectivity index (χ1v) is 9.99. The molecule has 0 aromatic heterocycles. The molecule has 1 saturated heterocycles. The number of amides is 3. The van der Waals surface area contributed by atoms with Gasteiger partial charge in [-0.1, -0.05) is 42.3 Å². The van der Waals surface area contributed by atoms with Gasteiger partial charge in [-0.05, 0) is 58.4 Å². The molecule has 5 heteroatoms. The highest BCUT2D eigenvalue weighted by Crippen LogP contribution is 2.32. The van der Waals surface area contributed by atoms with Crippen molar-refractivity contribution in [2.45, 2.75) is 59.0 Å². The molecule has 0 bridgehead atoms. The first-order chi connectivity index (χ1) is 13.7. The Morgan fingerprint density at radius 2 is 1.72 bits per heavy atom. The molecule has 1 heterocycles. The fraction of sp³-hybridized carbons (Fsp3) is 0.375. The molecule has 0 saturated carbocycles. The molecular weight excluding hydrogens is 364 g/mol. The third-order valence-electron chi connectivity index (χ3n) is 5.73. The SMILES string of the molecule is CCC(C)(C)N(C(=O)c1cccc(C)c1)C1CC(=O)N(c2ccc(C)cc2)C1=O. The van der Waals surface area contributed by atoms with Gasteiger partial charge < -0.3 is 4.90 Å². The molecule has 1 aliphatic heterocycles. The summed E-state index contributed by atoms with van der Waals surface area (Å²) in [5.74, 6) is -0.850. The lowest BCUT2D eigenvalue weighted by Gasteiger charge is -2.41. The number of carbonyl (C=O) groups is 3. The average Bonchev–Trinajstić information content (AvgIpc) is 2.96. The van der Waals surface area contributed by atoms with Gasteiger partial charge in [0.25, 0.3) is 11.8 Å². The van der Waals surface area contributed by atoms with Crippen LogP contribution < -0.4 is 4.90 Å². The molecule has 152 valence electrons. The molecule has 0 N–H and O–H groups in total. The molecule has 1 unspecified atom stereocenters. The summed E-state index contributed by atoms with van der Waals surface area (Å²) in [4.78, 5) is 42.4. The number of carbonyl (C=O) groups excluding carboxylic acids is 3. The number of anilines is 1. The van der Waals surface area contributed by atoms with E-state index < -0.39 is 11.6 Å². The van der Waals surface area contributed by atoms with Crippen LogP contribution >= 0.6 is 0 Å². The molecule has 0 aliphatic carbocycles. The van der Waals surface area contributed by atoms with Crippen molar-refractivity contribution in [1.82, 2.24) is 4.90 Å². The van der Waals surface area contributed by atoms with Crippen LogP contribution in [0.25, 0.3) is 0 Å². The highest BCUT2D eigenvalue weighted by atomic mass is 16.2. The van der Waals surface area contributed by atoms with Crippen molar-refractivity contribution in [2.75, 3.05) is 4.90 Å². The van der Waals surface area contributed by atoms with Gasteiger partial charge in [-0.3, -0.25) is 14.4 Å². The Kier molecular flexibility index (Phi) is 5.60. The minimum atomic E-state index is -0.813. The van der Waals surface area contributed by atoms with Crippen LogP contribution in [0.3, 0.4) is 0 Å². The zero-order valence-electron chi connectivity index (χ0n) is 17.7. The lowest BCUT2D eigenvalue weighted by Crippen LogP contribution is -2.55. The molecule has 1 fully saturated rings. The highest BCUT2D eigenvalue weighted by Gasteiger charge is 2.48. The fourth-order valence-corrected chi connectivity index (χ4v) is 3.71. The van der Waals surface area contributed by atoms with Crippen LogP contribution in [-0.2, 0) is 9.59 Å². The van der Waals surface area contributed by atoms with Crippen LogP contribution in [0.2, 0.25) is 0 Å². The first-order valence-electron chi connectivity index (χ1n) is 9.99. The van der Waals surface area contributed by atoms with Crippen LogP contribution in [0.5, 0.6) is 0 Å². The quantitative estimate of drug-likeness (QED) is 0.714. The van der Waals surface area contributed by atoms with Gasteiger partial charge in [0.1, 0.15) is 6.04 Å². The van der Waals surface area contributed by atoms with Crippen LogP contribution in [0.4, 0.5) is 5.69 Å². The Bertz CT molecular complexity index is 947. The van der Waals surface area contributed by atoms with Gasteiger partial charge in [-0.25, -0.2) is 4.90 Å². The van der Waals surface area contributed by atoms with Gasteiger partial charge >= 0.3 is 0 Å².